The van der Waals surface area contributed by atoms with Crippen molar-refractivity contribution in [2.75, 3.05) is 63.8 Å². The van der Waals surface area contributed by atoms with Gasteiger partial charge in [-0.2, -0.15) is 0 Å². The van der Waals surface area contributed by atoms with Gasteiger partial charge < -0.3 is 15.1 Å². The Hall–Kier alpha value is -1.30. The lowest BCUT2D eigenvalue weighted by molar-refractivity contribution is -0.132. The third-order valence-electron chi connectivity index (χ3n) is 4.68. The molecule has 0 unspecified atom stereocenters. The van der Waals surface area contributed by atoms with E-state index in [0.29, 0.717) is 12.3 Å². The van der Waals surface area contributed by atoms with Gasteiger partial charge in [-0.3, -0.25) is 9.69 Å². The maximum absolute atomic E-state index is 12.2. The third-order valence-corrected chi connectivity index (χ3v) is 4.93. The van der Waals surface area contributed by atoms with E-state index in [4.69, 9.17) is 11.6 Å². The molecule has 0 spiro atoms. The van der Waals surface area contributed by atoms with Crippen molar-refractivity contribution < 1.29 is 4.79 Å². The number of hydrogen-bond donors (Lipinski definition) is 1. The highest BCUT2D eigenvalue weighted by atomic mass is 35.5. The summed E-state index contributed by atoms with van der Waals surface area (Å²) in [4.78, 5) is 19.0. The number of nitrogens with zero attached hydrogens (tertiary/aromatic N) is 3. The third kappa shape index (κ3) is 4.59. The number of rotatable bonds is 4. The van der Waals surface area contributed by atoms with Gasteiger partial charge in [0.25, 0.3) is 0 Å². The highest BCUT2D eigenvalue weighted by Gasteiger charge is 2.20. The zero-order valence-corrected chi connectivity index (χ0v) is 14.3. The molecule has 5 nitrogen and oxygen atoms in total. The van der Waals surface area contributed by atoms with E-state index in [1.165, 1.54) is 5.69 Å². The lowest BCUT2D eigenvalue weighted by Crippen LogP contribution is -2.49. The summed E-state index contributed by atoms with van der Waals surface area (Å²) in [7, 11) is 0. The van der Waals surface area contributed by atoms with Gasteiger partial charge in [0.05, 0.1) is 0 Å². The number of nitrogens with one attached hydrogen (secondary N) is 1. The Balaban J connectivity index is 1.40. The first-order valence-electron chi connectivity index (χ1n) is 8.44. The summed E-state index contributed by atoms with van der Waals surface area (Å²) in [6, 6.07) is 8.03. The van der Waals surface area contributed by atoms with Gasteiger partial charge in [0.2, 0.25) is 5.91 Å². The molecule has 0 atom stereocenters. The first kappa shape index (κ1) is 16.6. The number of anilines is 1. The van der Waals surface area contributed by atoms with Crippen LogP contribution in [0.1, 0.15) is 6.42 Å². The van der Waals surface area contributed by atoms with E-state index in [2.05, 4.69) is 27.2 Å². The molecule has 1 N–H and O–H groups in total. The molecule has 2 saturated heterocycles. The van der Waals surface area contributed by atoms with Crippen LogP contribution in [-0.2, 0) is 4.79 Å². The monoisotopic (exact) mass is 336 g/mol. The fourth-order valence-electron chi connectivity index (χ4n) is 3.21. The summed E-state index contributed by atoms with van der Waals surface area (Å²) in [5.74, 6) is 0.298. The van der Waals surface area contributed by atoms with Crippen molar-refractivity contribution in [2.24, 2.45) is 0 Å². The summed E-state index contributed by atoms with van der Waals surface area (Å²) < 4.78 is 0. The average molecular weight is 337 g/mol. The molecule has 2 heterocycles. The lowest BCUT2D eigenvalue weighted by atomic mass is 10.2. The van der Waals surface area contributed by atoms with Gasteiger partial charge in [-0.15, -0.1) is 0 Å². The fraction of sp³-hybridized carbons (Fsp3) is 0.588. The van der Waals surface area contributed by atoms with Gasteiger partial charge in [-0.05, 0) is 24.3 Å². The summed E-state index contributed by atoms with van der Waals surface area (Å²) in [5.41, 5.74) is 1.23. The number of halogens is 1. The van der Waals surface area contributed by atoms with Crippen LogP contribution in [0.15, 0.2) is 24.3 Å². The summed E-state index contributed by atoms with van der Waals surface area (Å²) in [6.07, 6.45) is 0.640. The Labute approximate surface area is 143 Å². The Kier molecular flexibility index (Phi) is 5.75. The fourth-order valence-corrected chi connectivity index (χ4v) is 3.33. The van der Waals surface area contributed by atoms with Crippen molar-refractivity contribution in [2.45, 2.75) is 6.42 Å². The smallest absolute Gasteiger partial charge is 0.223 e. The molecule has 0 saturated carbocycles. The Morgan fingerprint density at radius 3 is 2.30 bits per heavy atom. The van der Waals surface area contributed by atoms with E-state index in [0.717, 1.165) is 63.9 Å². The minimum atomic E-state index is 0.298. The zero-order valence-electron chi connectivity index (χ0n) is 13.5. The van der Waals surface area contributed by atoms with Gasteiger partial charge in [-0.25, -0.2) is 0 Å². The SMILES string of the molecule is O=C(CCN1CCN(c2ccc(Cl)cc2)CC1)N1CCNCC1. The van der Waals surface area contributed by atoms with E-state index in [-0.39, 0.29) is 0 Å². The van der Waals surface area contributed by atoms with E-state index < -0.39 is 0 Å². The topological polar surface area (TPSA) is 38.8 Å². The Morgan fingerprint density at radius 1 is 1.00 bits per heavy atom. The van der Waals surface area contributed by atoms with Crippen LogP contribution in [0.4, 0.5) is 5.69 Å². The Bertz CT molecular complexity index is 508. The molecule has 2 aliphatic heterocycles. The van der Waals surface area contributed by atoms with E-state index in [1.54, 1.807) is 0 Å². The Morgan fingerprint density at radius 2 is 1.65 bits per heavy atom. The van der Waals surface area contributed by atoms with Crippen LogP contribution in [0.5, 0.6) is 0 Å². The van der Waals surface area contributed by atoms with Crippen molar-refractivity contribution >= 4 is 23.2 Å². The molecule has 0 radical (unpaired) electrons. The number of benzene rings is 1. The number of hydrogen-bond acceptors (Lipinski definition) is 4. The van der Waals surface area contributed by atoms with Crippen molar-refractivity contribution in [1.82, 2.24) is 15.1 Å². The molecule has 0 aliphatic carbocycles. The maximum atomic E-state index is 12.2. The number of carbonyl (C=O) groups is 1. The summed E-state index contributed by atoms with van der Waals surface area (Å²) in [6.45, 7) is 8.45. The molecule has 0 bridgehead atoms. The second kappa shape index (κ2) is 7.99. The quantitative estimate of drug-likeness (QED) is 0.899. The summed E-state index contributed by atoms with van der Waals surface area (Å²) in [5, 5.41) is 4.06. The van der Waals surface area contributed by atoms with Crippen LogP contribution in [0.25, 0.3) is 0 Å². The molecule has 1 amide bonds. The molecule has 2 aliphatic rings. The maximum Gasteiger partial charge on any atom is 0.223 e. The molecule has 2 fully saturated rings. The van der Waals surface area contributed by atoms with E-state index >= 15 is 0 Å². The number of amides is 1. The molecule has 23 heavy (non-hydrogen) atoms. The molecule has 1 aromatic rings. The van der Waals surface area contributed by atoms with Gasteiger partial charge >= 0.3 is 0 Å². The van der Waals surface area contributed by atoms with Crippen LogP contribution >= 0.6 is 11.6 Å². The zero-order chi connectivity index (χ0) is 16.1. The lowest BCUT2D eigenvalue weighted by Gasteiger charge is -2.36. The summed E-state index contributed by atoms with van der Waals surface area (Å²) >= 11 is 5.94. The van der Waals surface area contributed by atoms with Crippen molar-refractivity contribution in [1.29, 1.82) is 0 Å². The molecule has 0 aromatic heterocycles. The highest BCUT2D eigenvalue weighted by Crippen LogP contribution is 2.19. The molecular formula is C17H25ClN4O. The molecule has 126 valence electrons. The first-order valence-corrected chi connectivity index (χ1v) is 8.81. The predicted octanol–water partition coefficient (Wildman–Crippen LogP) is 1.28. The average Bonchev–Trinajstić information content (AvgIpc) is 2.61. The minimum Gasteiger partial charge on any atom is -0.369 e. The van der Waals surface area contributed by atoms with Crippen molar-refractivity contribution in [3.8, 4) is 0 Å². The van der Waals surface area contributed by atoms with E-state index in [1.807, 2.05) is 17.0 Å². The molecular weight excluding hydrogens is 312 g/mol. The van der Waals surface area contributed by atoms with Crippen LogP contribution in [-0.4, -0.2) is 74.6 Å². The second-order valence-electron chi connectivity index (χ2n) is 6.19. The minimum absolute atomic E-state index is 0.298. The molecule has 6 heteroatoms. The van der Waals surface area contributed by atoms with Gasteiger partial charge in [0.1, 0.15) is 0 Å². The molecule has 3 rings (SSSR count). The highest BCUT2D eigenvalue weighted by molar-refractivity contribution is 6.30. The normalized spacial score (nSPS) is 19.9. The number of piperazine rings is 2. The van der Waals surface area contributed by atoms with Crippen LogP contribution < -0.4 is 10.2 Å². The standard InChI is InChI=1S/C17H25ClN4O/c18-15-1-3-16(4-2-15)21-13-11-20(12-14-21)8-5-17(23)22-9-6-19-7-10-22/h1-4,19H,5-14H2. The van der Waals surface area contributed by atoms with Crippen LogP contribution in [0.3, 0.4) is 0 Å². The van der Waals surface area contributed by atoms with Gasteiger partial charge in [-0.1, -0.05) is 11.6 Å². The number of carbonyl (C=O) groups excluding carboxylic acids is 1. The van der Waals surface area contributed by atoms with Crippen molar-refractivity contribution in [3.63, 3.8) is 0 Å². The second-order valence-corrected chi connectivity index (χ2v) is 6.62. The van der Waals surface area contributed by atoms with Crippen molar-refractivity contribution in [3.05, 3.63) is 29.3 Å². The first-order chi connectivity index (χ1) is 11.2. The van der Waals surface area contributed by atoms with Crippen LogP contribution in [0, 0.1) is 0 Å². The van der Waals surface area contributed by atoms with Crippen LogP contribution in [0.2, 0.25) is 5.02 Å². The largest absolute Gasteiger partial charge is 0.369 e. The predicted molar refractivity (Wildman–Crippen MR) is 94.2 cm³/mol. The van der Waals surface area contributed by atoms with E-state index in [9.17, 15) is 4.79 Å². The van der Waals surface area contributed by atoms with Gasteiger partial charge in [0, 0.05) is 76.0 Å². The van der Waals surface area contributed by atoms with Gasteiger partial charge in [0.15, 0.2) is 0 Å². The molecule has 1 aromatic carbocycles.